The van der Waals surface area contributed by atoms with Crippen LogP contribution in [0.1, 0.15) is 37.4 Å². The fourth-order valence-corrected chi connectivity index (χ4v) is 1.83. The molecule has 1 aliphatic carbocycles. The van der Waals surface area contributed by atoms with E-state index >= 15 is 0 Å². The number of pyridine rings is 1. The van der Waals surface area contributed by atoms with Crippen LogP contribution in [0, 0.1) is 6.92 Å². The Morgan fingerprint density at radius 3 is 2.67 bits per heavy atom. The lowest BCUT2D eigenvalue weighted by molar-refractivity contribution is 0.264. The first kappa shape index (κ1) is 7.78. The lowest BCUT2D eigenvalue weighted by Crippen LogP contribution is -2.31. The highest BCUT2D eigenvalue weighted by molar-refractivity contribution is 5.23. The summed E-state index contributed by atoms with van der Waals surface area (Å²) in [4.78, 5) is 4.43. The molecule has 0 N–H and O–H groups in total. The van der Waals surface area contributed by atoms with Gasteiger partial charge in [0.25, 0.3) is 0 Å². The van der Waals surface area contributed by atoms with E-state index in [9.17, 15) is 0 Å². The Morgan fingerprint density at radius 2 is 2.17 bits per heavy atom. The maximum atomic E-state index is 4.43. The fraction of sp³-hybridized carbons (Fsp3) is 0.545. The van der Waals surface area contributed by atoms with Crippen LogP contribution in [-0.2, 0) is 5.41 Å². The molecule has 0 radical (unpaired) electrons. The zero-order valence-electron chi connectivity index (χ0n) is 7.80. The van der Waals surface area contributed by atoms with Gasteiger partial charge in [-0.2, -0.15) is 0 Å². The molecular formula is C11H15N. The molecule has 1 aromatic heterocycles. The van der Waals surface area contributed by atoms with Gasteiger partial charge in [-0.25, -0.2) is 0 Å². The van der Waals surface area contributed by atoms with E-state index in [4.69, 9.17) is 0 Å². The van der Waals surface area contributed by atoms with Gasteiger partial charge in [0.15, 0.2) is 0 Å². The molecule has 0 saturated heterocycles. The van der Waals surface area contributed by atoms with E-state index in [-0.39, 0.29) is 0 Å². The van der Waals surface area contributed by atoms with E-state index in [1.165, 1.54) is 30.5 Å². The second kappa shape index (κ2) is 2.58. The number of aryl methyl sites for hydroxylation is 1. The van der Waals surface area contributed by atoms with Gasteiger partial charge < -0.3 is 0 Å². The molecule has 1 saturated carbocycles. The van der Waals surface area contributed by atoms with Crippen molar-refractivity contribution in [3.63, 3.8) is 0 Å². The van der Waals surface area contributed by atoms with Gasteiger partial charge in [0, 0.05) is 17.3 Å². The summed E-state index contributed by atoms with van der Waals surface area (Å²) in [6, 6.07) is 4.28. The van der Waals surface area contributed by atoms with Crippen LogP contribution in [0.4, 0.5) is 0 Å². The molecule has 12 heavy (non-hydrogen) atoms. The van der Waals surface area contributed by atoms with Gasteiger partial charge in [0.05, 0.1) is 0 Å². The Bertz CT molecular complexity index is 287. The Kier molecular flexibility index (Phi) is 1.67. The van der Waals surface area contributed by atoms with Crippen molar-refractivity contribution in [3.05, 3.63) is 29.6 Å². The van der Waals surface area contributed by atoms with E-state index in [0.29, 0.717) is 5.41 Å². The van der Waals surface area contributed by atoms with Crippen molar-refractivity contribution in [2.75, 3.05) is 0 Å². The third-order valence-electron chi connectivity index (χ3n) is 2.99. The molecule has 1 aromatic rings. The predicted molar refractivity (Wildman–Crippen MR) is 50.2 cm³/mol. The standard InChI is InChI=1S/C11H15N/c1-9-4-7-12-10(8-9)11(2)5-3-6-11/h4,7-8H,3,5-6H2,1-2H3. The molecule has 1 nitrogen and oxygen atoms in total. The summed E-state index contributed by atoms with van der Waals surface area (Å²) in [6.07, 6.45) is 5.91. The minimum atomic E-state index is 0.395. The van der Waals surface area contributed by atoms with E-state index in [0.717, 1.165) is 0 Å². The summed E-state index contributed by atoms with van der Waals surface area (Å²) < 4.78 is 0. The fourth-order valence-electron chi connectivity index (χ4n) is 1.83. The highest BCUT2D eigenvalue weighted by Crippen LogP contribution is 2.42. The third-order valence-corrected chi connectivity index (χ3v) is 2.99. The van der Waals surface area contributed by atoms with Crippen LogP contribution < -0.4 is 0 Å². The first-order valence-electron chi connectivity index (χ1n) is 4.64. The molecule has 0 atom stereocenters. The molecule has 2 rings (SSSR count). The average molecular weight is 161 g/mol. The van der Waals surface area contributed by atoms with E-state index in [1.807, 2.05) is 6.20 Å². The topological polar surface area (TPSA) is 12.9 Å². The van der Waals surface area contributed by atoms with Crippen LogP contribution in [0.15, 0.2) is 18.3 Å². The molecule has 0 aromatic carbocycles. The predicted octanol–water partition coefficient (Wildman–Crippen LogP) is 2.83. The van der Waals surface area contributed by atoms with E-state index in [2.05, 4.69) is 31.0 Å². The Labute approximate surface area is 73.8 Å². The summed E-state index contributed by atoms with van der Waals surface area (Å²) in [5.74, 6) is 0. The highest BCUT2D eigenvalue weighted by atomic mass is 14.7. The van der Waals surface area contributed by atoms with Crippen molar-refractivity contribution in [3.8, 4) is 0 Å². The molecule has 1 fully saturated rings. The Balaban J connectivity index is 2.33. The maximum absolute atomic E-state index is 4.43. The quantitative estimate of drug-likeness (QED) is 0.617. The largest absolute Gasteiger partial charge is 0.261 e. The van der Waals surface area contributed by atoms with Crippen LogP contribution in [0.3, 0.4) is 0 Å². The Morgan fingerprint density at radius 1 is 1.42 bits per heavy atom. The molecular weight excluding hydrogens is 146 g/mol. The molecule has 0 spiro atoms. The lowest BCUT2D eigenvalue weighted by Gasteiger charge is -2.37. The number of hydrogen-bond acceptors (Lipinski definition) is 1. The van der Waals surface area contributed by atoms with Crippen LogP contribution in [0.25, 0.3) is 0 Å². The van der Waals surface area contributed by atoms with Gasteiger partial charge >= 0.3 is 0 Å². The van der Waals surface area contributed by atoms with Crippen LogP contribution >= 0.6 is 0 Å². The summed E-state index contributed by atoms with van der Waals surface area (Å²) in [5, 5.41) is 0. The first-order chi connectivity index (χ1) is 5.71. The monoisotopic (exact) mass is 161 g/mol. The summed E-state index contributed by atoms with van der Waals surface area (Å²) in [6.45, 7) is 4.45. The highest BCUT2D eigenvalue weighted by Gasteiger charge is 2.34. The van der Waals surface area contributed by atoms with Crippen LogP contribution in [0.5, 0.6) is 0 Å². The van der Waals surface area contributed by atoms with Crippen LogP contribution in [-0.4, -0.2) is 4.98 Å². The first-order valence-corrected chi connectivity index (χ1v) is 4.64. The normalized spacial score (nSPS) is 20.2. The summed E-state index contributed by atoms with van der Waals surface area (Å²) >= 11 is 0. The molecule has 0 bridgehead atoms. The SMILES string of the molecule is Cc1ccnc(C2(C)CCC2)c1. The third kappa shape index (κ3) is 1.13. The van der Waals surface area contributed by atoms with Gasteiger partial charge in [-0.15, -0.1) is 0 Å². The van der Waals surface area contributed by atoms with Crippen LogP contribution in [0.2, 0.25) is 0 Å². The molecule has 1 heteroatoms. The number of nitrogens with zero attached hydrogens (tertiary/aromatic N) is 1. The van der Waals surface area contributed by atoms with E-state index in [1.54, 1.807) is 0 Å². The van der Waals surface area contributed by atoms with Crippen molar-refractivity contribution in [2.45, 2.75) is 38.5 Å². The minimum absolute atomic E-state index is 0.395. The van der Waals surface area contributed by atoms with Gasteiger partial charge in [0.2, 0.25) is 0 Å². The molecule has 1 aliphatic rings. The molecule has 0 amide bonds. The van der Waals surface area contributed by atoms with E-state index < -0.39 is 0 Å². The number of hydrogen-bond donors (Lipinski definition) is 0. The van der Waals surface area contributed by atoms with Crippen molar-refractivity contribution in [1.29, 1.82) is 0 Å². The molecule has 64 valence electrons. The van der Waals surface area contributed by atoms with Gasteiger partial charge in [-0.1, -0.05) is 13.3 Å². The van der Waals surface area contributed by atoms with Crippen molar-refractivity contribution >= 4 is 0 Å². The molecule has 0 unspecified atom stereocenters. The number of rotatable bonds is 1. The summed E-state index contributed by atoms with van der Waals surface area (Å²) in [7, 11) is 0. The molecule has 0 aliphatic heterocycles. The average Bonchev–Trinajstić information content (AvgIpc) is 2.00. The van der Waals surface area contributed by atoms with Crippen molar-refractivity contribution in [2.24, 2.45) is 0 Å². The second-order valence-corrected chi connectivity index (χ2v) is 4.13. The lowest BCUT2D eigenvalue weighted by atomic mass is 9.68. The zero-order valence-corrected chi connectivity index (χ0v) is 7.80. The van der Waals surface area contributed by atoms with Crippen molar-refractivity contribution in [1.82, 2.24) is 4.98 Å². The zero-order chi connectivity index (χ0) is 8.60. The van der Waals surface area contributed by atoms with Gasteiger partial charge in [0.1, 0.15) is 0 Å². The Hall–Kier alpha value is -0.850. The van der Waals surface area contributed by atoms with Crippen molar-refractivity contribution < 1.29 is 0 Å². The molecule has 1 heterocycles. The van der Waals surface area contributed by atoms with Gasteiger partial charge in [-0.05, 0) is 37.5 Å². The second-order valence-electron chi connectivity index (χ2n) is 4.13. The minimum Gasteiger partial charge on any atom is -0.261 e. The number of aromatic nitrogens is 1. The smallest absolute Gasteiger partial charge is 0.0465 e. The summed E-state index contributed by atoms with van der Waals surface area (Å²) in [5.41, 5.74) is 3.01. The van der Waals surface area contributed by atoms with Gasteiger partial charge in [-0.3, -0.25) is 4.98 Å². The maximum Gasteiger partial charge on any atom is 0.0465 e.